The van der Waals surface area contributed by atoms with Crippen LogP contribution in [0.2, 0.25) is 0 Å². The quantitative estimate of drug-likeness (QED) is 0.788. The highest BCUT2D eigenvalue weighted by molar-refractivity contribution is 6.11. The third kappa shape index (κ3) is 2.94. The summed E-state index contributed by atoms with van der Waals surface area (Å²) in [6.45, 7) is 6.90. The van der Waals surface area contributed by atoms with E-state index in [1.54, 1.807) is 52.0 Å². The van der Waals surface area contributed by atoms with Gasteiger partial charge >= 0.3 is 6.03 Å². The topological polar surface area (TPSA) is 113 Å². The van der Waals surface area contributed by atoms with Gasteiger partial charge in [0.1, 0.15) is 5.54 Å². The third-order valence-electron chi connectivity index (χ3n) is 4.71. The number of carbonyl (C=O) groups excluding carboxylic acids is 3. The van der Waals surface area contributed by atoms with Gasteiger partial charge in [0, 0.05) is 5.39 Å². The van der Waals surface area contributed by atoms with Crippen LogP contribution in [0, 0.1) is 0 Å². The van der Waals surface area contributed by atoms with Crippen molar-refractivity contribution in [2.75, 3.05) is 0 Å². The molecule has 0 saturated carbocycles. The Morgan fingerprint density at radius 3 is 2.41 bits per heavy atom. The van der Waals surface area contributed by atoms with Crippen molar-refractivity contribution >= 4 is 28.6 Å². The first kappa shape index (κ1) is 18.6. The van der Waals surface area contributed by atoms with E-state index in [0.717, 1.165) is 0 Å². The Labute approximate surface area is 155 Å². The molecule has 1 atom stereocenters. The fourth-order valence-electron chi connectivity index (χ4n) is 2.90. The number of urea groups is 1. The van der Waals surface area contributed by atoms with E-state index >= 15 is 0 Å². The van der Waals surface area contributed by atoms with Gasteiger partial charge in [-0.1, -0.05) is 25.1 Å². The number of aromatic nitrogens is 2. The Morgan fingerprint density at radius 1 is 1.22 bits per heavy atom. The van der Waals surface area contributed by atoms with Crippen LogP contribution in [0.15, 0.2) is 29.1 Å². The summed E-state index contributed by atoms with van der Waals surface area (Å²) >= 11 is 0. The zero-order valence-electron chi connectivity index (χ0n) is 15.6. The molecule has 1 aromatic heterocycles. The van der Waals surface area contributed by atoms with Crippen LogP contribution >= 0.6 is 0 Å². The Kier molecular flexibility index (Phi) is 4.46. The summed E-state index contributed by atoms with van der Waals surface area (Å²) in [6.07, 6.45) is 0.378. The number of fused-ring (bicyclic) bond motifs is 1. The van der Waals surface area contributed by atoms with Crippen molar-refractivity contribution in [3.8, 4) is 0 Å². The highest BCUT2D eigenvalue weighted by Crippen LogP contribution is 2.20. The number of rotatable bonds is 4. The van der Waals surface area contributed by atoms with E-state index in [9.17, 15) is 19.2 Å². The minimum Gasteiger partial charge on any atom is -0.322 e. The molecule has 142 valence electrons. The number of hydrogen-bond acceptors (Lipinski definition) is 5. The number of hydrazine groups is 1. The van der Waals surface area contributed by atoms with Crippen LogP contribution < -0.4 is 16.3 Å². The van der Waals surface area contributed by atoms with Crippen LogP contribution in [0.5, 0.6) is 0 Å². The van der Waals surface area contributed by atoms with Crippen molar-refractivity contribution < 1.29 is 14.4 Å². The zero-order valence-corrected chi connectivity index (χ0v) is 15.6. The monoisotopic (exact) mass is 371 g/mol. The maximum Gasteiger partial charge on any atom is 0.344 e. The van der Waals surface area contributed by atoms with Gasteiger partial charge in [-0.3, -0.25) is 19.8 Å². The van der Waals surface area contributed by atoms with Gasteiger partial charge in [0.25, 0.3) is 17.4 Å². The van der Waals surface area contributed by atoms with E-state index < -0.39 is 23.4 Å². The predicted octanol–water partition coefficient (Wildman–Crippen LogP) is 1.34. The highest BCUT2D eigenvalue weighted by Gasteiger charge is 2.47. The number of nitrogens with one attached hydrogen (secondary N) is 2. The van der Waals surface area contributed by atoms with E-state index in [1.807, 2.05) is 0 Å². The summed E-state index contributed by atoms with van der Waals surface area (Å²) in [5, 5.41) is 8.07. The second-order valence-electron chi connectivity index (χ2n) is 6.93. The van der Waals surface area contributed by atoms with Crippen molar-refractivity contribution in [2.45, 2.75) is 45.7 Å². The lowest BCUT2D eigenvalue weighted by Crippen LogP contribution is -2.49. The molecule has 0 aliphatic carbocycles. The van der Waals surface area contributed by atoms with Crippen molar-refractivity contribution in [1.82, 2.24) is 25.5 Å². The summed E-state index contributed by atoms with van der Waals surface area (Å²) in [6, 6.07) is 5.61. The van der Waals surface area contributed by atoms with Gasteiger partial charge in [-0.25, -0.2) is 9.48 Å². The Morgan fingerprint density at radius 2 is 1.85 bits per heavy atom. The predicted molar refractivity (Wildman–Crippen MR) is 97.9 cm³/mol. The van der Waals surface area contributed by atoms with Crippen LogP contribution in [0.3, 0.4) is 0 Å². The van der Waals surface area contributed by atoms with Gasteiger partial charge < -0.3 is 5.32 Å². The number of nitrogens with zero attached hydrogens (tertiary/aromatic N) is 3. The standard InChI is InChI=1S/C18H21N5O4/c1-5-18(4)16(26)23(17(27)19-18)21-14(24)13-11-8-6-7-9-12(11)15(25)22(20-13)10(2)3/h6-10H,5H2,1-4H3,(H,19,27)(H,21,24)/t18-/m1/s1. The summed E-state index contributed by atoms with van der Waals surface area (Å²) < 4.78 is 1.21. The lowest BCUT2D eigenvalue weighted by atomic mass is 10.00. The van der Waals surface area contributed by atoms with E-state index in [0.29, 0.717) is 22.2 Å². The molecule has 4 amide bonds. The molecule has 1 fully saturated rings. The molecule has 1 aliphatic heterocycles. The van der Waals surface area contributed by atoms with Gasteiger partial charge in [-0.2, -0.15) is 10.1 Å². The van der Waals surface area contributed by atoms with Gasteiger partial charge in [-0.15, -0.1) is 0 Å². The maximum atomic E-state index is 12.8. The molecule has 0 unspecified atom stereocenters. The van der Waals surface area contributed by atoms with Crippen LogP contribution in [0.1, 0.15) is 50.6 Å². The van der Waals surface area contributed by atoms with Crippen molar-refractivity contribution in [3.05, 3.63) is 40.3 Å². The molecule has 2 heterocycles. The van der Waals surface area contributed by atoms with Gasteiger partial charge in [0.15, 0.2) is 5.69 Å². The number of imide groups is 1. The highest BCUT2D eigenvalue weighted by atomic mass is 16.2. The number of benzene rings is 1. The molecule has 0 bridgehead atoms. The zero-order chi connectivity index (χ0) is 19.9. The molecule has 2 N–H and O–H groups in total. The minimum atomic E-state index is -1.07. The van der Waals surface area contributed by atoms with Gasteiger partial charge in [0.2, 0.25) is 0 Å². The lowest BCUT2D eigenvalue weighted by Gasteiger charge is -2.19. The Balaban J connectivity index is 2.04. The molecule has 0 spiro atoms. The SMILES string of the molecule is CC[C@@]1(C)NC(=O)N(NC(=O)c2nn(C(C)C)c(=O)c3ccccc23)C1=O. The molecule has 3 rings (SSSR count). The van der Waals surface area contributed by atoms with Crippen molar-refractivity contribution in [2.24, 2.45) is 0 Å². The van der Waals surface area contributed by atoms with Crippen LogP contribution in [-0.4, -0.2) is 38.2 Å². The van der Waals surface area contributed by atoms with Gasteiger partial charge in [-0.05, 0) is 33.3 Å². The molecule has 2 aromatic rings. The number of amides is 4. The molecule has 1 aliphatic rings. The third-order valence-corrected chi connectivity index (χ3v) is 4.71. The molecule has 27 heavy (non-hydrogen) atoms. The average Bonchev–Trinajstić information content (AvgIpc) is 2.85. The summed E-state index contributed by atoms with van der Waals surface area (Å²) in [5.41, 5.74) is 0.892. The summed E-state index contributed by atoms with van der Waals surface area (Å²) in [7, 11) is 0. The van der Waals surface area contributed by atoms with Crippen molar-refractivity contribution in [3.63, 3.8) is 0 Å². The second kappa shape index (κ2) is 6.49. The van der Waals surface area contributed by atoms with E-state index in [2.05, 4.69) is 15.8 Å². The fraction of sp³-hybridized carbons (Fsp3) is 0.389. The lowest BCUT2D eigenvalue weighted by molar-refractivity contribution is -0.132. The first-order valence-electron chi connectivity index (χ1n) is 8.69. The van der Waals surface area contributed by atoms with Crippen molar-refractivity contribution in [1.29, 1.82) is 0 Å². The van der Waals surface area contributed by atoms with E-state index in [1.165, 1.54) is 4.68 Å². The minimum absolute atomic E-state index is 0.0374. The normalized spacial score (nSPS) is 19.7. The second-order valence-corrected chi connectivity index (χ2v) is 6.93. The van der Waals surface area contributed by atoms with Crippen LogP contribution in [-0.2, 0) is 4.79 Å². The Hall–Kier alpha value is -3.23. The van der Waals surface area contributed by atoms with Crippen LogP contribution in [0.25, 0.3) is 10.8 Å². The molecule has 9 nitrogen and oxygen atoms in total. The van der Waals surface area contributed by atoms with Gasteiger partial charge in [0.05, 0.1) is 11.4 Å². The fourth-order valence-corrected chi connectivity index (χ4v) is 2.90. The smallest absolute Gasteiger partial charge is 0.322 e. The molecular weight excluding hydrogens is 350 g/mol. The first-order valence-corrected chi connectivity index (χ1v) is 8.69. The molecule has 1 aromatic carbocycles. The maximum absolute atomic E-state index is 12.8. The largest absolute Gasteiger partial charge is 0.344 e. The van der Waals surface area contributed by atoms with Crippen LogP contribution in [0.4, 0.5) is 4.79 Å². The molecular formula is C18H21N5O4. The number of hydrogen-bond donors (Lipinski definition) is 2. The average molecular weight is 371 g/mol. The summed E-state index contributed by atoms with van der Waals surface area (Å²) in [4.78, 5) is 50.0. The summed E-state index contributed by atoms with van der Waals surface area (Å²) in [5.74, 6) is -1.30. The molecule has 9 heteroatoms. The first-order chi connectivity index (χ1) is 12.7. The molecule has 0 radical (unpaired) electrons. The van der Waals surface area contributed by atoms with E-state index in [-0.39, 0.29) is 17.3 Å². The van der Waals surface area contributed by atoms with E-state index in [4.69, 9.17) is 0 Å². The number of carbonyl (C=O) groups is 3. The molecule has 1 saturated heterocycles. The Bertz CT molecular complexity index is 1010.